The standard InChI is InChI=1S/C22H28FIN6O/c1-13(2)12-26-6-3-4-7-30-18(27-19-20(25)28-22(23)29-21(19)30)11-15-10-17-14(5-8-31-17)9-16(15)24/h9-10,13,26H,3-8,11-12H2,1-2H3,(H2,25,28,29). The van der Waals surface area contributed by atoms with Gasteiger partial charge in [0, 0.05) is 23.0 Å². The highest BCUT2D eigenvalue weighted by Crippen LogP contribution is 2.31. The zero-order chi connectivity index (χ0) is 22.0. The van der Waals surface area contributed by atoms with E-state index in [0.29, 0.717) is 30.0 Å². The van der Waals surface area contributed by atoms with Gasteiger partial charge in [0.1, 0.15) is 11.6 Å². The van der Waals surface area contributed by atoms with Gasteiger partial charge >= 0.3 is 6.08 Å². The number of fused-ring (bicyclic) bond motifs is 2. The van der Waals surface area contributed by atoms with Gasteiger partial charge in [-0.1, -0.05) is 13.8 Å². The number of hydrogen-bond acceptors (Lipinski definition) is 6. The Labute approximate surface area is 195 Å². The first-order valence-corrected chi connectivity index (χ1v) is 11.8. The highest BCUT2D eigenvalue weighted by atomic mass is 127. The van der Waals surface area contributed by atoms with Crippen molar-refractivity contribution in [3.8, 4) is 5.75 Å². The van der Waals surface area contributed by atoms with Crippen LogP contribution in [0.2, 0.25) is 0 Å². The normalized spacial score (nSPS) is 13.2. The molecule has 9 heteroatoms. The predicted octanol–water partition coefficient (Wildman–Crippen LogP) is 3.70. The number of anilines is 1. The molecule has 0 unspecified atom stereocenters. The van der Waals surface area contributed by atoms with Gasteiger partial charge in [0.05, 0.1) is 6.61 Å². The lowest BCUT2D eigenvalue weighted by molar-refractivity contribution is 0.356. The lowest BCUT2D eigenvalue weighted by atomic mass is 10.1. The summed E-state index contributed by atoms with van der Waals surface area (Å²) < 4.78 is 22.8. The van der Waals surface area contributed by atoms with Gasteiger partial charge in [-0.3, -0.25) is 0 Å². The van der Waals surface area contributed by atoms with Crippen LogP contribution < -0.4 is 15.8 Å². The van der Waals surface area contributed by atoms with Crippen molar-refractivity contribution in [1.82, 2.24) is 24.8 Å². The van der Waals surface area contributed by atoms with Crippen LogP contribution in [0.1, 0.15) is 43.6 Å². The van der Waals surface area contributed by atoms with E-state index in [1.165, 1.54) is 9.13 Å². The SMILES string of the molecule is CC(C)CNCCCCn1c(Cc2cc3c(cc2I)CCO3)nc2c(N)nc(F)nc21. The van der Waals surface area contributed by atoms with Crippen molar-refractivity contribution in [2.45, 2.75) is 46.1 Å². The van der Waals surface area contributed by atoms with Gasteiger partial charge in [0.2, 0.25) is 0 Å². The highest BCUT2D eigenvalue weighted by Gasteiger charge is 2.20. The van der Waals surface area contributed by atoms with Crippen LogP contribution in [0, 0.1) is 15.6 Å². The van der Waals surface area contributed by atoms with E-state index in [0.717, 1.165) is 56.1 Å². The number of nitrogen functional groups attached to an aromatic ring is 1. The summed E-state index contributed by atoms with van der Waals surface area (Å²) in [4.78, 5) is 12.4. The predicted molar refractivity (Wildman–Crippen MR) is 128 cm³/mol. The zero-order valence-corrected chi connectivity index (χ0v) is 20.1. The third-order valence-electron chi connectivity index (χ3n) is 5.42. The topological polar surface area (TPSA) is 90.9 Å². The van der Waals surface area contributed by atoms with E-state index < -0.39 is 6.08 Å². The van der Waals surface area contributed by atoms with Gasteiger partial charge in [0.25, 0.3) is 0 Å². The second kappa shape index (κ2) is 9.64. The van der Waals surface area contributed by atoms with Gasteiger partial charge in [-0.15, -0.1) is 0 Å². The lowest BCUT2D eigenvalue weighted by Gasteiger charge is -2.12. The summed E-state index contributed by atoms with van der Waals surface area (Å²) >= 11 is 2.36. The summed E-state index contributed by atoms with van der Waals surface area (Å²) in [6.45, 7) is 7.77. The second-order valence-corrected chi connectivity index (χ2v) is 9.52. The van der Waals surface area contributed by atoms with Crippen molar-refractivity contribution in [2.75, 3.05) is 25.4 Å². The molecule has 0 atom stereocenters. The molecule has 7 nitrogen and oxygen atoms in total. The van der Waals surface area contributed by atoms with Crippen LogP contribution in [0.4, 0.5) is 10.2 Å². The highest BCUT2D eigenvalue weighted by molar-refractivity contribution is 14.1. The molecule has 31 heavy (non-hydrogen) atoms. The summed E-state index contributed by atoms with van der Waals surface area (Å²) in [5, 5.41) is 3.46. The Balaban J connectivity index is 1.59. The molecule has 2 aromatic heterocycles. The molecule has 1 aliphatic rings. The number of nitrogens with two attached hydrogens (primary N) is 1. The molecule has 166 valence electrons. The number of rotatable bonds is 9. The van der Waals surface area contributed by atoms with Gasteiger partial charge in [0.15, 0.2) is 17.0 Å². The van der Waals surface area contributed by atoms with Gasteiger partial charge in [-0.25, -0.2) is 4.98 Å². The largest absolute Gasteiger partial charge is 0.493 e. The van der Waals surface area contributed by atoms with E-state index in [1.807, 2.05) is 4.57 Å². The quantitative estimate of drug-likeness (QED) is 0.245. The second-order valence-electron chi connectivity index (χ2n) is 8.36. The van der Waals surface area contributed by atoms with Crippen LogP contribution in [0.5, 0.6) is 5.75 Å². The number of unbranched alkanes of at least 4 members (excludes halogenated alkanes) is 1. The van der Waals surface area contributed by atoms with Crippen molar-refractivity contribution in [2.24, 2.45) is 5.92 Å². The monoisotopic (exact) mass is 538 g/mol. The van der Waals surface area contributed by atoms with E-state index in [9.17, 15) is 4.39 Å². The lowest BCUT2D eigenvalue weighted by Crippen LogP contribution is -2.21. The van der Waals surface area contributed by atoms with Gasteiger partial charge in [-0.2, -0.15) is 14.4 Å². The minimum absolute atomic E-state index is 0.0769. The minimum Gasteiger partial charge on any atom is -0.493 e. The summed E-state index contributed by atoms with van der Waals surface area (Å²) in [7, 11) is 0. The molecule has 3 aromatic rings. The molecule has 0 aliphatic carbocycles. The van der Waals surface area contributed by atoms with Crippen molar-refractivity contribution in [1.29, 1.82) is 0 Å². The number of nitrogens with zero attached hydrogens (tertiary/aromatic N) is 4. The first-order valence-electron chi connectivity index (χ1n) is 10.7. The van der Waals surface area contributed by atoms with Crippen LogP contribution in [0.25, 0.3) is 11.2 Å². The Hall–Kier alpha value is -2.01. The molecular weight excluding hydrogens is 510 g/mol. The summed E-state index contributed by atoms with van der Waals surface area (Å²) in [6.07, 6.45) is 2.66. The fraction of sp³-hybridized carbons (Fsp3) is 0.500. The molecular formula is C22H28FIN6O. The molecule has 1 aromatic carbocycles. The Morgan fingerprint density at radius 2 is 2.10 bits per heavy atom. The molecule has 0 saturated carbocycles. The van der Waals surface area contributed by atoms with E-state index in [2.05, 4.69) is 63.9 Å². The van der Waals surface area contributed by atoms with Crippen molar-refractivity contribution < 1.29 is 9.13 Å². The van der Waals surface area contributed by atoms with E-state index in [-0.39, 0.29) is 5.82 Å². The maximum Gasteiger partial charge on any atom is 0.312 e. The van der Waals surface area contributed by atoms with Crippen molar-refractivity contribution in [3.63, 3.8) is 0 Å². The van der Waals surface area contributed by atoms with Crippen LogP contribution in [0.3, 0.4) is 0 Å². The average Bonchev–Trinajstić information content (AvgIpc) is 3.29. The molecule has 4 rings (SSSR count). The first kappa shape index (κ1) is 22.2. The number of imidazole rings is 1. The van der Waals surface area contributed by atoms with Crippen LogP contribution in [-0.4, -0.2) is 39.2 Å². The number of aryl methyl sites for hydroxylation is 1. The molecule has 0 radical (unpaired) electrons. The molecule has 0 spiro atoms. The van der Waals surface area contributed by atoms with E-state index in [1.54, 1.807) is 0 Å². The molecule has 0 amide bonds. The van der Waals surface area contributed by atoms with Crippen molar-refractivity contribution in [3.05, 3.63) is 38.7 Å². The summed E-state index contributed by atoms with van der Waals surface area (Å²) in [5.41, 5.74) is 9.25. The number of hydrogen-bond donors (Lipinski definition) is 2. The molecule has 3 N–H and O–H groups in total. The van der Waals surface area contributed by atoms with Crippen LogP contribution in [-0.2, 0) is 19.4 Å². The third-order valence-corrected chi connectivity index (χ3v) is 6.42. The average molecular weight is 538 g/mol. The molecule has 0 saturated heterocycles. The third kappa shape index (κ3) is 5.08. The minimum atomic E-state index is -0.822. The Kier molecular flexibility index (Phi) is 6.90. The molecule has 3 heterocycles. The smallest absolute Gasteiger partial charge is 0.312 e. The van der Waals surface area contributed by atoms with Crippen molar-refractivity contribution >= 4 is 39.6 Å². The number of ether oxygens (including phenoxy) is 1. The van der Waals surface area contributed by atoms with Crippen LogP contribution in [0.15, 0.2) is 12.1 Å². The first-order chi connectivity index (χ1) is 14.9. The Morgan fingerprint density at radius 1 is 1.26 bits per heavy atom. The maximum atomic E-state index is 13.9. The fourth-order valence-corrected chi connectivity index (χ4v) is 4.59. The number of nitrogens with one attached hydrogen (secondary N) is 1. The van der Waals surface area contributed by atoms with Gasteiger partial charge < -0.3 is 20.4 Å². The van der Waals surface area contributed by atoms with Gasteiger partial charge in [-0.05, 0) is 77.7 Å². The number of benzene rings is 1. The van der Waals surface area contributed by atoms with Crippen LogP contribution >= 0.6 is 22.6 Å². The maximum absolute atomic E-state index is 13.9. The number of aromatic nitrogens is 4. The number of halogens is 2. The molecule has 0 bridgehead atoms. The van der Waals surface area contributed by atoms with E-state index in [4.69, 9.17) is 15.5 Å². The Bertz CT molecular complexity index is 1080. The fourth-order valence-electron chi connectivity index (χ4n) is 3.86. The zero-order valence-electron chi connectivity index (χ0n) is 17.9. The molecule has 1 aliphatic heterocycles. The summed E-state index contributed by atoms with van der Waals surface area (Å²) in [5.74, 6) is 2.46. The van der Waals surface area contributed by atoms with E-state index >= 15 is 0 Å². The molecule has 0 fully saturated rings. The Morgan fingerprint density at radius 3 is 2.90 bits per heavy atom. The summed E-state index contributed by atoms with van der Waals surface area (Å²) in [6, 6.07) is 4.28.